The van der Waals surface area contributed by atoms with Crippen LogP contribution in [-0.4, -0.2) is 33.4 Å². The third-order valence-corrected chi connectivity index (χ3v) is 3.10. The first kappa shape index (κ1) is 17.0. The molecule has 0 aromatic heterocycles. The summed E-state index contributed by atoms with van der Waals surface area (Å²) in [4.78, 5) is 0. The quantitative estimate of drug-likeness (QED) is 0.714. The normalized spacial score (nSPS) is 12.7. The van der Waals surface area contributed by atoms with Gasteiger partial charge in [0.05, 0.1) is 13.2 Å². The molecule has 0 bridgehead atoms. The van der Waals surface area contributed by atoms with Crippen molar-refractivity contribution in [2.45, 2.75) is 27.2 Å². The second-order valence-electron chi connectivity index (χ2n) is 5.86. The number of hydrogen-bond acceptors (Lipinski definition) is 3. The Kier molecular flexibility index (Phi) is 8.31. The average Bonchev–Trinajstić information content (AvgIpc) is 2.43. The van der Waals surface area contributed by atoms with Crippen LogP contribution in [0.4, 0.5) is 0 Å². The van der Waals surface area contributed by atoms with E-state index in [1.165, 1.54) is 5.56 Å². The summed E-state index contributed by atoms with van der Waals surface area (Å²) in [5.74, 6) is 2.16. The van der Waals surface area contributed by atoms with E-state index in [2.05, 4.69) is 38.2 Å². The molecular formula is C17H29NO2. The van der Waals surface area contributed by atoms with Crippen LogP contribution in [-0.2, 0) is 11.2 Å². The van der Waals surface area contributed by atoms with Crippen LogP contribution in [0.3, 0.4) is 0 Å². The standard InChI is InChI=1S/C17H29NO2/c1-14(2)11-18-12-15(3)13-20-17-7-5-16(6-8-17)9-10-19-4/h5-8,14-15,18H,9-13H2,1-4H3. The number of methoxy groups -OCH3 is 1. The van der Waals surface area contributed by atoms with Crippen LogP contribution in [0.25, 0.3) is 0 Å². The van der Waals surface area contributed by atoms with Crippen LogP contribution < -0.4 is 10.1 Å². The summed E-state index contributed by atoms with van der Waals surface area (Å²) in [6.07, 6.45) is 0.951. The molecule has 3 heteroatoms. The summed E-state index contributed by atoms with van der Waals surface area (Å²) < 4.78 is 10.9. The highest BCUT2D eigenvalue weighted by Gasteiger charge is 2.04. The minimum absolute atomic E-state index is 0.516. The molecular weight excluding hydrogens is 250 g/mol. The van der Waals surface area contributed by atoms with Gasteiger partial charge in [-0.1, -0.05) is 32.9 Å². The molecule has 114 valence electrons. The van der Waals surface area contributed by atoms with Gasteiger partial charge in [0.1, 0.15) is 5.75 Å². The van der Waals surface area contributed by atoms with E-state index < -0.39 is 0 Å². The maximum absolute atomic E-state index is 5.81. The molecule has 0 spiro atoms. The third-order valence-electron chi connectivity index (χ3n) is 3.10. The molecule has 1 rings (SSSR count). The highest BCUT2D eigenvalue weighted by Crippen LogP contribution is 2.13. The van der Waals surface area contributed by atoms with Gasteiger partial charge in [0.25, 0.3) is 0 Å². The Bertz CT molecular complexity index is 349. The molecule has 0 saturated carbocycles. The topological polar surface area (TPSA) is 30.5 Å². The maximum Gasteiger partial charge on any atom is 0.119 e. The summed E-state index contributed by atoms with van der Waals surface area (Å²) in [5.41, 5.74) is 1.28. The van der Waals surface area contributed by atoms with Gasteiger partial charge in [0.15, 0.2) is 0 Å². The minimum Gasteiger partial charge on any atom is -0.493 e. The monoisotopic (exact) mass is 279 g/mol. The fourth-order valence-corrected chi connectivity index (χ4v) is 1.89. The molecule has 0 radical (unpaired) electrons. The molecule has 1 atom stereocenters. The first-order valence-electron chi connectivity index (χ1n) is 7.53. The van der Waals surface area contributed by atoms with Gasteiger partial charge in [-0.25, -0.2) is 0 Å². The van der Waals surface area contributed by atoms with E-state index in [-0.39, 0.29) is 0 Å². The average molecular weight is 279 g/mol. The summed E-state index contributed by atoms with van der Waals surface area (Å²) in [6, 6.07) is 8.30. The largest absolute Gasteiger partial charge is 0.493 e. The maximum atomic E-state index is 5.81. The Labute approximate surface area is 123 Å². The Morgan fingerprint density at radius 1 is 1.05 bits per heavy atom. The van der Waals surface area contributed by atoms with Crippen molar-refractivity contribution in [1.29, 1.82) is 0 Å². The number of ether oxygens (including phenoxy) is 2. The molecule has 0 fully saturated rings. The van der Waals surface area contributed by atoms with Gasteiger partial charge >= 0.3 is 0 Å². The van der Waals surface area contributed by atoms with Crippen molar-refractivity contribution in [3.05, 3.63) is 29.8 Å². The second-order valence-corrected chi connectivity index (χ2v) is 5.86. The van der Waals surface area contributed by atoms with Gasteiger partial charge in [0, 0.05) is 19.6 Å². The zero-order valence-corrected chi connectivity index (χ0v) is 13.3. The van der Waals surface area contributed by atoms with Crippen LogP contribution in [0, 0.1) is 11.8 Å². The Morgan fingerprint density at radius 3 is 2.35 bits per heavy atom. The summed E-state index contributed by atoms with van der Waals surface area (Å²) in [5, 5.41) is 3.46. The van der Waals surface area contributed by atoms with Gasteiger partial charge in [0.2, 0.25) is 0 Å². The van der Waals surface area contributed by atoms with Crippen molar-refractivity contribution < 1.29 is 9.47 Å². The van der Waals surface area contributed by atoms with E-state index in [9.17, 15) is 0 Å². The fraction of sp³-hybridized carbons (Fsp3) is 0.647. The van der Waals surface area contributed by atoms with E-state index in [0.29, 0.717) is 11.8 Å². The lowest BCUT2D eigenvalue weighted by Crippen LogP contribution is -2.28. The highest BCUT2D eigenvalue weighted by atomic mass is 16.5. The van der Waals surface area contributed by atoms with Gasteiger partial charge < -0.3 is 14.8 Å². The van der Waals surface area contributed by atoms with Gasteiger partial charge in [-0.3, -0.25) is 0 Å². The molecule has 0 aliphatic rings. The number of hydrogen-bond donors (Lipinski definition) is 1. The third kappa shape index (κ3) is 7.51. The van der Waals surface area contributed by atoms with E-state index in [4.69, 9.17) is 9.47 Å². The SMILES string of the molecule is COCCc1ccc(OCC(C)CNCC(C)C)cc1. The fourth-order valence-electron chi connectivity index (χ4n) is 1.89. The zero-order valence-electron chi connectivity index (χ0n) is 13.3. The van der Waals surface area contributed by atoms with E-state index in [0.717, 1.165) is 38.5 Å². The van der Waals surface area contributed by atoms with Crippen molar-refractivity contribution in [2.24, 2.45) is 11.8 Å². The summed E-state index contributed by atoms with van der Waals surface area (Å²) in [7, 11) is 1.73. The molecule has 1 unspecified atom stereocenters. The minimum atomic E-state index is 0.516. The van der Waals surface area contributed by atoms with Crippen LogP contribution in [0.15, 0.2) is 24.3 Å². The molecule has 0 aliphatic carbocycles. The lowest BCUT2D eigenvalue weighted by molar-refractivity contribution is 0.202. The lowest BCUT2D eigenvalue weighted by atomic mass is 10.1. The molecule has 1 N–H and O–H groups in total. The molecule has 0 amide bonds. The van der Waals surface area contributed by atoms with E-state index >= 15 is 0 Å². The predicted molar refractivity (Wildman–Crippen MR) is 84.4 cm³/mol. The Hall–Kier alpha value is -1.06. The molecule has 0 heterocycles. The van der Waals surface area contributed by atoms with Gasteiger partial charge in [-0.2, -0.15) is 0 Å². The highest BCUT2D eigenvalue weighted by molar-refractivity contribution is 5.27. The molecule has 0 aliphatic heterocycles. The number of rotatable bonds is 10. The van der Waals surface area contributed by atoms with E-state index in [1.807, 2.05) is 12.1 Å². The molecule has 20 heavy (non-hydrogen) atoms. The smallest absolute Gasteiger partial charge is 0.119 e. The first-order valence-corrected chi connectivity index (χ1v) is 7.53. The van der Waals surface area contributed by atoms with Crippen LogP contribution >= 0.6 is 0 Å². The van der Waals surface area contributed by atoms with Gasteiger partial charge in [-0.05, 0) is 36.6 Å². The Balaban J connectivity index is 2.23. The van der Waals surface area contributed by atoms with Crippen molar-refractivity contribution in [3.8, 4) is 5.75 Å². The van der Waals surface area contributed by atoms with Crippen molar-refractivity contribution in [1.82, 2.24) is 5.32 Å². The van der Waals surface area contributed by atoms with Crippen LogP contribution in [0.5, 0.6) is 5.75 Å². The predicted octanol–water partition coefficient (Wildman–Crippen LogP) is 3.14. The number of nitrogens with one attached hydrogen (secondary N) is 1. The summed E-state index contributed by atoms with van der Waals surface area (Å²) >= 11 is 0. The molecule has 3 nitrogen and oxygen atoms in total. The summed E-state index contributed by atoms with van der Waals surface area (Å²) in [6.45, 7) is 10.2. The van der Waals surface area contributed by atoms with Crippen molar-refractivity contribution in [2.75, 3.05) is 33.4 Å². The number of benzene rings is 1. The zero-order chi connectivity index (χ0) is 14.8. The van der Waals surface area contributed by atoms with E-state index in [1.54, 1.807) is 7.11 Å². The molecule has 0 saturated heterocycles. The van der Waals surface area contributed by atoms with Crippen LogP contribution in [0.2, 0.25) is 0 Å². The van der Waals surface area contributed by atoms with Crippen molar-refractivity contribution in [3.63, 3.8) is 0 Å². The Morgan fingerprint density at radius 2 is 1.75 bits per heavy atom. The lowest BCUT2D eigenvalue weighted by Gasteiger charge is -2.15. The van der Waals surface area contributed by atoms with Crippen molar-refractivity contribution >= 4 is 0 Å². The van der Waals surface area contributed by atoms with Gasteiger partial charge in [-0.15, -0.1) is 0 Å². The second kappa shape index (κ2) is 9.78. The first-order chi connectivity index (χ1) is 9.61. The molecule has 1 aromatic carbocycles. The molecule has 1 aromatic rings. The van der Waals surface area contributed by atoms with Crippen LogP contribution in [0.1, 0.15) is 26.3 Å².